The van der Waals surface area contributed by atoms with E-state index in [1.165, 1.54) is 12.1 Å². The van der Waals surface area contributed by atoms with Gasteiger partial charge in [0.2, 0.25) is 0 Å². The summed E-state index contributed by atoms with van der Waals surface area (Å²) in [7, 11) is 0. The van der Waals surface area contributed by atoms with Gasteiger partial charge < -0.3 is 5.32 Å². The Morgan fingerprint density at radius 1 is 1.12 bits per heavy atom. The zero-order chi connectivity index (χ0) is 12.8. The number of hydrogen-bond acceptors (Lipinski definition) is 1. The van der Waals surface area contributed by atoms with Gasteiger partial charge in [-0.2, -0.15) is 0 Å². The van der Waals surface area contributed by atoms with Gasteiger partial charge in [0.25, 0.3) is 0 Å². The molecule has 1 N–H and O–H groups in total. The van der Waals surface area contributed by atoms with Crippen molar-refractivity contribution in [3.63, 3.8) is 0 Å². The topological polar surface area (TPSA) is 12.0 Å². The molecule has 0 saturated heterocycles. The summed E-state index contributed by atoms with van der Waals surface area (Å²) in [6.45, 7) is 7.23. The Morgan fingerprint density at radius 2 is 1.71 bits per heavy atom. The van der Waals surface area contributed by atoms with Crippen molar-refractivity contribution < 1.29 is 8.78 Å². The van der Waals surface area contributed by atoms with Gasteiger partial charge in [0.05, 0.1) is 0 Å². The van der Waals surface area contributed by atoms with E-state index in [0.717, 1.165) is 19.0 Å². The molecule has 1 unspecified atom stereocenters. The van der Waals surface area contributed by atoms with Crippen LogP contribution in [0.5, 0.6) is 0 Å². The second-order valence-corrected chi connectivity index (χ2v) is 4.74. The maximum Gasteiger partial charge on any atom is 0.126 e. The molecule has 0 heterocycles. The van der Waals surface area contributed by atoms with Crippen LogP contribution in [0.1, 0.15) is 32.8 Å². The first kappa shape index (κ1) is 14.1. The predicted octanol–water partition coefficient (Wildman–Crippen LogP) is 3.53. The Morgan fingerprint density at radius 3 is 2.18 bits per heavy atom. The summed E-state index contributed by atoms with van der Waals surface area (Å²) >= 11 is 0. The highest BCUT2D eigenvalue weighted by Crippen LogP contribution is 2.09. The molecule has 0 radical (unpaired) electrons. The van der Waals surface area contributed by atoms with E-state index in [-0.39, 0.29) is 0 Å². The number of rotatable bonds is 6. The average Bonchev–Trinajstić information content (AvgIpc) is 2.22. The third kappa shape index (κ3) is 4.82. The van der Waals surface area contributed by atoms with Crippen LogP contribution in [0.25, 0.3) is 0 Å². The Hall–Kier alpha value is -0.960. The van der Waals surface area contributed by atoms with E-state index in [1.807, 2.05) is 0 Å². The molecule has 0 saturated carbocycles. The molecular weight excluding hydrogens is 220 g/mol. The molecule has 1 aromatic rings. The summed E-state index contributed by atoms with van der Waals surface area (Å²) in [5.74, 6) is -0.434. The third-order valence-corrected chi connectivity index (χ3v) is 2.99. The molecule has 0 aliphatic carbocycles. The van der Waals surface area contributed by atoms with E-state index >= 15 is 0 Å². The third-order valence-electron chi connectivity index (χ3n) is 2.99. The van der Waals surface area contributed by atoms with Gasteiger partial charge in [-0.05, 0) is 43.0 Å². The summed E-state index contributed by atoms with van der Waals surface area (Å²) in [6.07, 6.45) is 1.72. The van der Waals surface area contributed by atoms with Crippen LogP contribution in [-0.2, 0) is 6.42 Å². The highest BCUT2D eigenvalue weighted by molar-refractivity contribution is 5.18. The first-order chi connectivity index (χ1) is 8.02. The predicted molar refractivity (Wildman–Crippen MR) is 67.0 cm³/mol. The Kier molecular flexibility index (Phi) is 5.56. The van der Waals surface area contributed by atoms with Crippen molar-refractivity contribution in [2.45, 2.75) is 39.7 Å². The first-order valence-corrected chi connectivity index (χ1v) is 6.21. The van der Waals surface area contributed by atoms with Crippen molar-refractivity contribution in [3.8, 4) is 0 Å². The quantitative estimate of drug-likeness (QED) is 0.803. The fraction of sp³-hybridized carbons (Fsp3) is 0.571. The smallest absolute Gasteiger partial charge is 0.126 e. The van der Waals surface area contributed by atoms with Crippen LogP contribution in [0.15, 0.2) is 18.2 Å². The van der Waals surface area contributed by atoms with Gasteiger partial charge in [0, 0.05) is 12.1 Å². The molecule has 0 bridgehead atoms. The molecular formula is C14H21F2N. The van der Waals surface area contributed by atoms with Crippen molar-refractivity contribution in [2.75, 3.05) is 6.54 Å². The minimum atomic E-state index is -0.504. The van der Waals surface area contributed by atoms with Gasteiger partial charge >= 0.3 is 0 Å². The monoisotopic (exact) mass is 241 g/mol. The van der Waals surface area contributed by atoms with Crippen LogP contribution < -0.4 is 5.32 Å². The standard InChI is InChI=1S/C14H21F2N/c1-4-14(10(2)3)17-6-5-11-7-12(15)9-13(16)8-11/h7-10,14,17H,4-6H2,1-3H3. The molecule has 0 aliphatic heterocycles. The highest BCUT2D eigenvalue weighted by atomic mass is 19.1. The average molecular weight is 241 g/mol. The van der Waals surface area contributed by atoms with E-state index < -0.39 is 11.6 Å². The second-order valence-electron chi connectivity index (χ2n) is 4.74. The molecule has 96 valence electrons. The minimum absolute atomic E-state index is 0.466. The van der Waals surface area contributed by atoms with Gasteiger partial charge in [-0.25, -0.2) is 8.78 Å². The molecule has 0 spiro atoms. The molecule has 1 rings (SSSR count). The zero-order valence-electron chi connectivity index (χ0n) is 10.8. The van der Waals surface area contributed by atoms with Gasteiger partial charge in [0.1, 0.15) is 11.6 Å². The number of nitrogens with one attached hydrogen (secondary N) is 1. The van der Waals surface area contributed by atoms with E-state index in [2.05, 4.69) is 26.1 Å². The van der Waals surface area contributed by atoms with Crippen LogP contribution in [0.4, 0.5) is 8.78 Å². The van der Waals surface area contributed by atoms with Crippen LogP contribution in [-0.4, -0.2) is 12.6 Å². The number of halogens is 2. The van der Waals surface area contributed by atoms with Crippen molar-refractivity contribution in [1.29, 1.82) is 0 Å². The SMILES string of the molecule is CCC(NCCc1cc(F)cc(F)c1)C(C)C. The second kappa shape index (κ2) is 6.70. The lowest BCUT2D eigenvalue weighted by Crippen LogP contribution is -2.34. The summed E-state index contributed by atoms with van der Waals surface area (Å²) in [5.41, 5.74) is 0.702. The molecule has 3 heteroatoms. The van der Waals surface area contributed by atoms with Crippen LogP contribution in [0.2, 0.25) is 0 Å². The van der Waals surface area contributed by atoms with E-state index in [9.17, 15) is 8.78 Å². The summed E-state index contributed by atoms with van der Waals surface area (Å²) < 4.78 is 25.9. The minimum Gasteiger partial charge on any atom is -0.313 e. The summed E-state index contributed by atoms with van der Waals surface area (Å²) in [5, 5.41) is 3.41. The molecule has 0 aliphatic rings. The molecule has 0 amide bonds. The fourth-order valence-electron chi connectivity index (χ4n) is 2.01. The number of hydrogen-bond donors (Lipinski definition) is 1. The number of benzene rings is 1. The van der Waals surface area contributed by atoms with Crippen molar-refractivity contribution in [2.24, 2.45) is 5.92 Å². The molecule has 1 aromatic carbocycles. The van der Waals surface area contributed by atoms with Gasteiger partial charge in [0.15, 0.2) is 0 Å². The van der Waals surface area contributed by atoms with Gasteiger partial charge in [-0.1, -0.05) is 20.8 Å². The zero-order valence-corrected chi connectivity index (χ0v) is 10.8. The molecule has 1 nitrogen and oxygen atoms in total. The Balaban J connectivity index is 2.45. The largest absolute Gasteiger partial charge is 0.313 e. The molecule has 0 aromatic heterocycles. The van der Waals surface area contributed by atoms with Crippen LogP contribution in [0, 0.1) is 17.6 Å². The maximum absolute atomic E-state index is 12.9. The lowest BCUT2D eigenvalue weighted by atomic mass is 10.0. The fourth-order valence-corrected chi connectivity index (χ4v) is 2.01. The van der Waals surface area contributed by atoms with E-state index in [0.29, 0.717) is 23.9 Å². The maximum atomic E-state index is 12.9. The van der Waals surface area contributed by atoms with Crippen molar-refractivity contribution in [1.82, 2.24) is 5.32 Å². The van der Waals surface area contributed by atoms with Crippen molar-refractivity contribution >= 4 is 0 Å². The van der Waals surface area contributed by atoms with E-state index in [1.54, 1.807) is 0 Å². The summed E-state index contributed by atoms with van der Waals surface area (Å²) in [4.78, 5) is 0. The highest BCUT2D eigenvalue weighted by Gasteiger charge is 2.09. The van der Waals surface area contributed by atoms with Crippen LogP contribution >= 0.6 is 0 Å². The van der Waals surface area contributed by atoms with Gasteiger partial charge in [-0.3, -0.25) is 0 Å². The van der Waals surface area contributed by atoms with Crippen LogP contribution in [0.3, 0.4) is 0 Å². The first-order valence-electron chi connectivity index (χ1n) is 6.21. The Labute approximate surface area is 102 Å². The normalized spacial score (nSPS) is 13.1. The van der Waals surface area contributed by atoms with Crippen molar-refractivity contribution in [3.05, 3.63) is 35.4 Å². The Bertz CT molecular complexity index is 330. The van der Waals surface area contributed by atoms with Gasteiger partial charge in [-0.15, -0.1) is 0 Å². The lowest BCUT2D eigenvalue weighted by Gasteiger charge is -2.20. The molecule has 0 fully saturated rings. The molecule has 1 atom stereocenters. The lowest BCUT2D eigenvalue weighted by molar-refractivity contribution is 0.391. The molecule has 17 heavy (non-hydrogen) atoms. The summed E-state index contributed by atoms with van der Waals surface area (Å²) in [6, 6.07) is 4.15. The van der Waals surface area contributed by atoms with E-state index in [4.69, 9.17) is 0 Å².